The van der Waals surface area contributed by atoms with Crippen LogP contribution in [-0.2, 0) is 4.74 Å². The van der Waals surface area contributed by atoms with Crippen molar-refractivity contribution in [2.24, 2.45) is 5.92 Å². The van der Waals surface area contributed by atoms with Gasteiger partial charge in [-0.2, -0.15) is 0 Å². The van der Waals surface area contributed by atoms with Crippen molar-refractivity contribution in [2.75, 3.05) is 38.8 Å². The number of hydrogen-bond donors (Lipinski definition) is 1. The van der Waals surface area contributed by atoms with E-state index in [9.17, 15) is 5.11 Å². The minimum absolute atomic E-state index is 0.559. The lowest BCUT2D eigenvalue weighted by atomic mass is 10.1. The number of aliphatic hydroxyl groups is 1. The molecule has 112 valence electrons. The summed E-state index contributed by atoms with van der Waals surface area (Å²) in [4.78, 5) is 2.11. The predicted molar refractivity (Wildman–Crippen MR) is 80.4 cm³/mol. The van der Waals surface area contributed by atoms with E-state index in [1.165, 1.54) is 12.8 Å². The van der Waals surface area contributed by atoms with Crippen molar-refractivity contribution in [2.45, 2.75) is 25.9 Å². The molecule has 0 radical (unpaired) electrons. The number of rotatable bonds is 8. The molecule has 1 aromatic carbocycles. The number of anilines is 1. The first-order chi connectivity index (χ1) is 9.63. The van der Waals surface area contributed by atoms with Crippen LogP contribution in [0.3, 0.4) is 0 Å². The second kappa shape index (κ2) is 6.95. The summed E-state index contributed by atoms with van der Waals surface area (Å²) in [6, 6.07) is 5.83. The summed E-state index contributed by atoms with van der Waals surface area (Å²) >= 11 is 0. The second-order valence-corrected chi connectivity index (χ2v) is 5.51. The van der Waals surface area contributed by atoms with Gasteiger partial charge in [0.2, 0.25) is 0 Å². The first kappa shape index (κ1) is 15.1. The molecule has 20 heavy (non-hydrogen) atoms. The van der Waals surface area contributed by atoms with E-state index in [0.29, 0.717) is 6.61 Å². The number of hydrogen-bond acceptors (Lipinski definition) is 4. The molecule has 0 heterocycles. The summed E-state index contributed by atoms with van der Waals surface area (Å²) in [5, 5.41) is 9.98. The Morgan fingerprint density at radius 2 is 2.15 bits per heavy atom. The Balaban J connectivity index is 1.97. The molecule has 4 nitrogen and oxygen atoms in total. The Kier molecular flexibility index (Phi) is 5.26. The minimum Gasteiger partial charge on any atom is -0.496 e. The molecule has 1 aliphatic rings. The first-order valence-electron chi connectivity index (χ1n) is 7.27. The topological polar surface area (TPSA) is 41.9 Å². The quantitative estimate of drug-likeness (QED) is 0.743. The van der Waals surface area contributed by atoms with E-state index in [0.717, 1.165) is 36.1 Å². The SMILES string of the molecule is COc1cccc(N(C)CCOCC2CC2)c1C(C)O. The average Bonchev–Trinajstić information content (AvgIpc) is 3.26. The van der Waals surface area contributed by atoms with Crippen molar-refractivity contribution in [1.82, 2.24) is 0 Å². The van der Waals surface area contributed by atoms with Crippen LogP contribution in [-0.4, -0.2) is 39.0 Å². The maximum Gasteiger partial charge on any atom is 0.126 e. The smallest absolute Gasteiger partial charge is 0.126 e. The maximum atomic E-state index is 9.98. The molecule has 0 aliphatic heterocycles. The third-order valence-corrected chi connectivity index (χ3v) is 3.71. The van der Waals surface area contributed by atoms with Gasteiger partial charge in [0.05, 0.1) is 19.8 Å². The zero-order valence-corrected chi connectivity index (χ0v) is 12.6. The normalized spacial score (nSPS) is 16.0. The summed E-state index contributed by atoms with van der Waals surface area (Å²) in [6.45, 7) is 4.16. The largest absolute Gasteiger partial charge is 0.496 e. The van der Waals surface area contributed by atoms with Gasteiger partial charge in [0.15, 0.2) is 0 Å². The molecule has 0 saturated heterocycles. The molecular formula is C16H25NO3. The minimum atomic E-state index is -0.559. The first-order valence-corrected chi connectivity index (χ1v) is 7.27. The molecule has 0 bridgehead atoms. The summed E-state index contributed by atoms with van der Waals surface area (Å²) in [5.41, 5.74) is 1.83. The van der Waals surface area contributed by atoms with Gasteiger partial charge in [-0.05, 0) is 37.8 Å². The fourth-order valence-corrected chi connectivity index (χ4v) is 2.32. The Hall–Kier alpha value is -1.26. The number of likely N-dealkylation sites (N-methyl/N-ethyl adjacent to an activating group) is 1. The molecule has 1 saturated carbocycles. The second-order valence-electron chi connectivity index (χ2n) is 5.51. The molecule has 1 aromatic rings. The number of ether oxygens (including phenoxy) is 2. The summed E-state index contributed by atoms with van der Waals surface area (Å²) in [5.74, 6) is 1.52. The Labute approximate surface area is 121 Å². The molecule has 1 aliphatic carbocycles. The average molecular weight is 279 g/mol. The van der Waals surface area contributed by atoms with Crippen LogP contribution in [0.2, 0.25) is 0 Å². The van der Waals surface area contributed by atoms with Crippen molar-refractivity contribution >= 4 is 5.69 Å². The van der Waals surface area contributed by atoms with E-state index in [2.05, 4.69) is 4.90 Å². The fraction of sp³-hybridized carbons (Fsp3) is 0.625. The van der Waals surface area contributed by atoms with Crippen LogP contribution < -0.4 is 9.64 Å². The lowest BCUT2D eigenvalue weighted by Crippen LogP contribution is -2.24. The van der Waals surface area contributed by atoms with E-state index in [-0.39, 0.29) is 0 Å². The van der Waals surface area contributed by atoms with Crippen LogP contribution in [0.25, 0.3) is 0 Å². The number of benzene rings is 1. The molecular weight excluding hydrogens is 254 g/mol. The number of methoxy groups -OCH3 is 1. The molecule has 0 aromatic heterocycles. The molecule has 1 fully saturated rings. The fourth-order valence-electron chi connectivity index (χ4n) is 2.32. The highest BCUT2D eigenvalue weighted by molar-refractivity contribution is 5.60. The van der Waals surface area contributed by atoms with Crippen molar-refractivity contribution < 1.29 is 14.6 Å². The van der Waals surface area contributed by atoms with Gasteiger partial charge in [0.25, 0.3) is 0 Å². The van der Waals surface area contributed by atoms with Crippen LogP contribution in [0, 0.1) is 5.92 Å². The van der Waals surface area contributed by atoms with Crippen LogP contribution in [0.15, 0.2) is 18.2 Å². The van der Waals surface area contributed by atoms with Gasteiger partial charge in [-0.1, -0.05) is 6.07 Å². The molecule has 0 spiro atoms. The van der Waals surface area contributed by atoms with Crippen LogP contribution >= 0.6 is 0 Å². The lowest BCUT2D eigenvalue weighted by molar-refractivity contribution is 0.130. The molecule has 2 rings (SSSR count). The Morgan fingerprint density at radius 1 is 1.40 bits per heavy atom. The van der Waals surface area contributed by atoms with Gasteiger partial charge >= 0.3 is 0 Å². The third-order valence-electron chi connectivity index (χ3n) is 3.71. The molecule has 0 amide bonds. The predicted octanol–water partition coefficient (Wildman–Crippen LogP) is 2.61. The standard InChI is InChI=1S/C16H25NO3/c1-12(18)16-14(5-4-6-15(16)19-3)17(2)9-10-20-11-13-7-8-13/h4-6,12-13,18H,7-11H2,1-3H3. The Bertz CT molecular complexity index is 430. The highest BCUT2D eigenvalue weighted by Crippen LogP contribution is 2.34. The van der Waals surface area contributed by atoms with E-state index >= 15 is 0 Å². The van der Waals surface area contributed by atoms with Gasteiger partial charge in [-0.15, -0.1) is 0 Å². The zero-order chi connectivity index (χ0) is 14.5. The van der Waals surface area contributed by atoms with Crippen LogP contribution in [0.4, 0.5) is 5.69 Å². The maximum absolute atomic E-state index is 9.98. The lowest BCUT2D eigenvalue weighted by Gasteiger charge is -2.25. The van der Waals surface area contributed by atoms with E-state index in [1.807, 2.05) is 25.2 Å². The van der Waals surface area contributed by atoms with Crippen molar-refractivity contribution in [3.05, 3.63) is 23.8 Å². The zero-order valence-electron chi connectivity index (χ0n) is 12.6. The molecule has 1 atom stereocenters. The summed E-state index contributed by atoms with van der Waals surface area (Å²) in [6.07, 6.45) is 2.08. The van der Waals surface area contributed by atoms with Crippen molar-refractivity contribution in [3.63, 3.8) is 0 Å². The van der Waals surface area contributed by atoms with Gasteiger partial charge in [0.1, 0.15) is 5.75 Å². The highest BCUT2D eigenvalue weighted by Gasteiger charge is 2.21. The van der Waals surface area contributed by atoms with Crippen LogP contribution in [0.1, 0.15) is 31.4 Å². The monoisotopic (exact) mass is 279 g/mol. The number of nitrogens with zero attached hydrogens (tertiary/aromatic N) is 1. The third kappa shape index (κ3) is 3.87. The van der Waals surface area contributed by atoms with Gasteiger partial charge in [-0.25, -0.2) is 0 Å². The molecule has 1 unspecified atom stereocenters. The van der Waals surface area contributed by atoms with E-state index in [4.69, 9.17) is 9.47 Å². The molecule has 1 N–H and O–H groups in total. The van der Waals surface area contributed by atoms with Crippen molar-refractivity contribution in [1.29, 1.82) is 0 Å². The summed E-state index contributed by atoms with van der Waals surface area (Å²) < 4.78 is 11.0. The van der Waals surface area contributed by atoms with E-state index in [1.54, 1.807) is 14.0 Å². The molecule has 4 heteroatoms. The van der Waals surface area contributed by atoms with Gasteiger partial charge in [-0.3, -0.25) is 0 Å². The Morgan fingerprint density at radius 3 is 2.75 bits per heavy atom. The summed E-state index contributed by atoms with van der Waals surface area (Å²) in [7, 11) is 3.64. The van der Waals surface area contributed by atoms with Crippen molar-refractivity contribution in [3.8, 4) is 5.75 Å². The highest BCUT2D eigenvalue weighted by atomic mass is 16.5. The van der Waals surface area contributed by atoms with Gasteiger partial charge < -0.3 is 19.5 Å². The van der Waals surface area contributed by atoms with Crippen LogP contribution in [0.5, 0.6) is 5.75 Å². The van der Waals surface area contributed by atoms with Gasteiger partial charge in [0, 0.05) is 31.5 Å². The number of aliphatic hydroxyl groups excluding tert-OH is 1. The van der Waals surface area contributed by atoms with E-state index < -0.39 is 6.10 Å².